The highest BCUT2D eigenvalue weighted by Gasteiger charge is 2.20. The molecule has 2 heterocycles. The van der Waals surface area contributed by atoms with Crippen LogP contribution in [0.25, 0.3) is 10.1 Å². The van der Waals surface area contributed by atoms with E-state index in [0.29, 0.717) is 24.2 Å². The number of carbonyl (C=O) groups excluding carboxylic acids is 1. The molecule has 0 spiro atoms. The fourth-order valence-electron chi connectivity index (χ4n) is 4.45. The lowest BCUT2D eigenvalue weighted by molar-refractivity contribution is 0.104. The normalized spacial score (nSPS) is 15.1. The van der Waals surface area contributed by atoms with Crippen molar-refractivity contribution in [3.8, 4) is 23.8 Å². The molecule has 2 N–H and O–H groups in total. The summed E-state index contributed by atoms with van der Waals surface area (Å²) in [7, 11) is 0. The van der Waals surface area contributed by atoms with Gasteiger partial charge in [-0.25, -0.2) is 0 Å². The Balaban J connectivity index is 1.49. The third-order valence-corrected chi connectivity index (χ3v) is 7.46. The Morgan fingerprint density at radius 2 is 1.86 bits per heavy atom. The number of terminal acetylenes is 1. The summed E-state index contributed by atoms with van der Waals surface area (Å²) in [4.78, 5) is 16.9. The summed E-state index contributed by atoms with van der Waals surface area (Å²) < 4.78 is 6.78. The number of aliphatic hydroxyl groups excluding tert-OH is 1. The van der Waals surface area contributed by atoms with Crippen LogP contribution in [0.2, 0.25) is 0 Å². The summed E-state index contributed by atoms with van der Waals surface area (Å²) in [5, 5.41) is 20.5. The summed E-state index contributed by atoms with van der Waals surface area (Å²) >= 11 is 1.45. The average Bonchev–Trinajstić information content (AvgIpc) is 3.02. The van der Waals surface area contributed by atoms with Gasteiger partial charge in [-0.3, -0.25) is 9.69 Å². The van der Waals surface area contributed by atoms with Crippen LogP contribution in [0, 0.1) is 12.3 Å². The molecule has 0 atom stereocenters. The molecule has 1 aliphatic rings. The lowest BCUT2D eigenvalue weighted by Gasteiger charge is -2.19. The Hall–Kier alpha value is -3.53. The largest absolute Gasteiger partial charge is 0.508 e. The van der Waals surface area contributed by atoms with Gasteiger partial charge in [-0.1, -0.05) is 24.8 Å². The zero-order valence-electron chi connectivity index (χ0n) is 20.3. The van der Waals surface area contributed by atoms with E-state index in [1.807, 2.05) is 12.1 Å². The molecule has 0 unspecified atom stereocenters. The zero-order chi connectivity index (χ0) is 25.3. The smallest absolute Gasteiger partial charge is 0.194 e. The standard InChI is InChI=1S/C30H31NO4S/c1-2-8-23(32)9-7-10-27-29(26-16-13-24(33)21-28(26)36-27)30(34)22-11-14-25(15-12-22)35-20-19-31-17-5-3-4-6-18-31/h1,7-9,11-16,21,32-33H,3-6,10,17-20H2/b9-7-,23-8+. The van der Waals surface area contributed by atoms with Crippen molar-refractivity contribution < 1.29 is 19.7 Å². The Kier molecular flexibility index (Phi) is 8.83. The number of fused-ring (bicyclic) bond motifs is 1. The van der Waals surface area contributed by atoms with Crippen molar-refractivity contribution in [3.05, 3.63) is 82.5 Å². The molecule has 1 saturated heterocycles. The first-order chi connectivity index (χ1) is 17.5. The van der Waals surface area contributed by atoms with Gasteiger partial charge in [0.15, 0.2) is 5.78 Å². The first-order valence-electron chi connectivity index (χ1n) is 12.3. The Labute approximate surface area is 216 Å². The second-order valence-corrected chi connectivity index (χ2v) is 10.0. The second kappa shape index (κ2) is 12.4. The van der Waals surface area contributed by atoms with E-state index in [2.05, 4.69) is 10.8 Å². The number of phenols is 1. The van der Waals surface area contributed by atoms with Gasteiger partial charge in [-0.15, -0.1) is 17.8 Å². The van der Waals surface area contributed by atoms with E-state index in [0.717, 1.165) is 40.3 Å². The molecule has 0 saturated carbocycles. The predicted octanol–water partition coefficient (Wildman–Crippen LogP) is 6.27. The van der Waals surface area contributed by atoms with Gasteiger partial charge < -0.3 is 14.9 Å². The van der Waals surface area contributed by atoms with Crippen LogP contribution in [0.15, 0.2) is 66.5 Å². The average molecular weight is 502 g/mol. The molecule has 4 rings (SSSR count). The summed E-state index contributed by atoms with van der Waals surface area (Å²) in [6.45, 7) is 3.82. The molecule has 2 aromatic carbocycles. The maximum atomic E-state index is 13.6. The van der Waals surface area contributed by atoms with Gasteiger partial charge in [0, 0.05) is 45.1 Å². The van der Waals surface area contributed by atoms with E-state index in [1.165, 1.54) is 49.2 Å². The molecular formula is C30H31NO4S. The van der Waals surface area contributed by atoms with Crippen molar-refractivity contribution in [1.29, 1.82) is 0 Å². The number of ketones is 1. The fourth-order valence-corrected chi connectivity index (χ4v) is 5.66. The van der Waals surface area contributed by atoms with Crippen molar-refractivity contribution >= 4 is 27.2 Å². The number of rotatable bonds is 9. The highest BCUT2D eigenvalue weighted by atomic mass is 32.1. The molecule has 6 heteroatoms. The van der Waals surface area contributed by atoms with Gasteiger partial charge >= 0.3 is 0 Å². The summed E-state index contributed by atoms with van der Waals surface area (Å²) in [6, 6.07) is 12.3. The van der Waals surface area contributed by atoms with Crippen LogP contribution in [0.5, 0.6) is 11.5 Å². The fraction of sp³-hybridized carbons (Fsp3) is 0.300. The monoisotopic (exact) mass is 501 g/mol. The van der Waals surface area contributed by atoms with E-state index in [-0.39, 0.29) is 17.3 Å². The van der Waals surface area contributed by atoms with Gasteiger partial charge in [0.05, 0.1) is 0 Å². The van der Waals surface area contributed by atoms with E-state index >= 15 is 0 Å². The third kappa shape index (κ3) is 6.57. The van der Waals surface area contributed by atoms with E-state index in [9.17, 15) is 15.0 Å². The molecule has 0 amide bonds. The van der Waals surface area contributed by atoms with Gasteiger partial charge in [0.1, 0.15) is 23.9 Å². The van der Waals surface area contributed by atoms with Crippen LogP contribution in [-0.2, 0) is 6.42 Å². The number of nitrogens with zero attached hydrogens (tertiary/aromatic N) is 1. The molecule has 186 valence electrons. The number of hydrogen-bond acceptors (Lipinski definition) is 6. The van der Waals surface area contributed by atoms with Gasteiger partial charge in [-0.2, -0.15) is 0 Å². The molecule has 1 aromatic heterocycles. The van der Waals surface area contributed by atoms with Crippen LogP contribution < -0.4 is 4.74 Å². The van der Waals surface area contributed by atoms with Crippen molar-refractivity contribution in [3.63, 3.8) is 0 Å². The summed E-state index contributed by atoms with van der Waals surface area (Å²) in [5.74, 6) is 3.07. The molecule has 0 radical (unpaired) electrons. The minimum absolute atomic E-state index is 0.0180. The van der Waals surface area contributed by atoms with Crippen LogP contribution >= 0.6 is 11.3 Å². The zero-order valence-corrected chi connectivity index (χ0v) is 21.1. The number of hydrogen-bond donors (Lipinski definition) is 2. The second-order valence-electron chi connectivity index (χ2n) is 8.88. The molecule has 3 aromatic rings. The van der Waals surface area contributed by atoms with Crippen molar-refractivity contribution in [2.75, 3.05) is 26.2 Å². The first kappa shape index (κ1) is 25.6. The van der Waals surface area contributed by atoms with E-state index in [1.54, 1.807) is 36.4 Å². The van der Waals surface area contributed by atoms with Crippen LogP contribution in [0.3, 0.4) is 0 Å². The quantitative estimate of drug-likeness (QED) is 0.157. The number of aromatic hydroxyl groups is 1. The minimum Gasteiger partial charge on any atom is -0.508 e. The number of benzene rings is 2. The van der Waals surface area contributed by atoms with Gasteiger partial charge in [0.25, 0.3) is 0 Å². The number of ether oxygens (including phenoxy) is 1. The number of phenolic OH excluding ortho intramolecular Hbond substituents is 1. The number of thiophene rings is 1. The maximum Gasteiger partial charge on any atom is 0.194 e. The highest BCUT2D eigenvalue weighted by Crippen LogP contribution is 2.36. The molecular weight excluding hydrogens is 470 g/mol. The van der Waals surface area contributed by atoms with Crippen molar-refractivity contribution in [2.45, 2.75) is 32.1 Å². The molecule has 0 aliphatic carbocycles. The SMILES string of the molecule is C#C/C=C(O)\C=C/Cc1sc2cc(O)ccc2c1C(=O)c1ccc(OCCN2CCCCCC2)cc1. The molecule has 36 heavy (non-hydrogen) atoms. The summed E-state index contributed by atoms with van der Waals surface area (Å²) in [6.07, 6.45) is 15.3. The minimum atomic E-state index is -0.0881. The van der Waals surface area contributed by atoms with Gasteiger partial charge in [0.2, 0.25) is 0 Å². The van der Waals surface area contributed by atoms with Crippen LogP contribution in [-0.4, -0.2) is 47.1 Å². The third-order valence-electron chi connectivity index (χ3n) is 6.29. The highest BCUT2D eigenvalue weighted by molar-refractivity contribution is 7.19. The van der Waals surface area contributed by atoms with E-state index < -0.39 is 0 Å². The number of aliphatic hydroxyl groups is 1. The van der Waals surface area contributed by atoms with Crippen molar-refractivity contribution in [1.82, 2.24) is 4.90 Å². The molecule has 1 aliphatic heterocycles. The summed E-state index contributed by atoms with van der Waals surface area (Å²) in [5.41, 5.74) is 1.18. The lowest BCUT2D eigenvalue weighted by atomic mass is 9.99. The molecule has 0 bridgehead atoms. The number of carbonyl (C=O) groups is 1. The van der Waals surface area contributed by atoms with Crippen molar-refractivity contribution in [2.24, 2.45) is 0 Å². The lowest BCUT2D eigenvalue weighted by Crippen LogP contribution is -2.29. The van der Waals surface area contributed by atoms with E-state index in [4.69, 9.17) is 11.2 Å². The van der Waals surface area contributed by atoms with Gasteiger partial charge in [-0.05, 0) is 74.5 Å². The molecule has 1 fully saturated rings. The predicted molar refractivity (Wildman–Crippen MR) is 146 cm³/mol. The Bertz CT molecular complexity index is 1290. The Morgan fingerprint density at radius 3 is 2.58 bits per heavy atom. The molecule has 5 nitrogen and oxygen atoms in total. The Morgan fingerprint density at radius 1 is 1.11 bits per heavy atom. The number of allylic oxidation sites excluding steroid dienone is 3. The maximum absolute atomic E-state index is 13.6. The topological polar surface area (TPSA) is 70.0 Å². The van der Waals surface area contributed by atoms with Crippen LogP contribution in [0.1, 0.15) is 46.5 Å². The first-order valence-corrected chi connectivity index (χ1v) is 13.1. The number of likely N-dealkylation sites (tertiary alicyclic amines) is 1. The van der Waals surface area contributed by atoms with Crippen LogP contribution in [0.4, 0.5) is 0 Å².